The number of hydrogen-bond donors (Lipinski definition) is 0. The number of rotatable bonds is 6. The molecule has 1 aromatic rings. The molecule has 0 spiro atoms. The number of aryl methyl sites for hydroxylation is 2. The summed E-state index contributed by atoms with van der Waals surface area (Å²) in [5.41, 5.74) is 4.09. The summed E-state index contributed by atoms with van der Waals surface area (Å²) < 4.78 is 0. The number of allylic oxidation sites excluding steroid dienone is 5. The molecular weight excluding hydrogens is 247 g/mol. The molecule has 0 heterocycles. The van der Waals surface area contributed by atoms with E-state index < -0.39 is 0 Å². The fourth-order valence-electron chi connectivity index (χ4n) is 2.05. The van der Waals surface area contributed by atoms with Crippen LogP contribution in [0.5, 0.6) is 0 Å². The van der Waals surface area contributed by atoms with Gasteiger partial charge in [-0.05, 0) is 55.1 Å². The first-order valence-corrected chi connectivity index (χ1v) is 8.85. The predicted molar refractivity (Wildman–Crippen MR) is 91.0 cm³/mol. The Kier molecular flexibility index (Phi) is 6.81. The van der Waals surface area contributed by atoms with Crippen molar-refractivity contribution in [2.45, 2.75) is 27.2 Å². The molecule has 0 amide bonds. The molecule has 0 saturated carbocycles. The SMILES string of the molecule is C=CC(/C=C\CP(C)c1ccc(CC)c(C)c1)=C/C. The van der Waals surface area contributed by atoms with Gasteiger partial charge in [0.05, 0.1) is 0 Å². The van der Waals surface area contributed by atoms with Crippen molar-refractivity contribution in [2.75, 3.05) is 12.8 Å². The van der Waals surface area contributed by atoms with E-state index in [9.17, 15) is 0 Å². The lowest BCUT2D eigenvalue weighted by Crippen LogP contribution is -2.04. The van der Waals surface area contributed by atoms with Crippen molar-refractivity contribution < 1.29 is 0 Å². The van der Waals surface area contributed by atoms with E-state index in [-0.39, 0.29) is 7.92 Å². The Morgan fingerprint density at radius 3 is 2.63 bits per heavy atom. The van der Waals surface area contributed by atoms with Gasteiger partial charge in [-0.1, -0.05) is 63.9 Å². The molecule has 102 valence electrons. The van der Waals surface area contributed by atoms with Gasteiger partial charge in [-0.25, -0.2) is 0 Å². The summed E-state index contributed by atoms with van der Waals surface area (Å²) >= 11 is 0. The second-order valence-corrected chi connectivity index (χ2v) is 7.02. The maximum Gasteiger partial charge on any atom is -0.0104 e. The molecule has 1 heteroatoms. The Morgan fingerprint density at radius 1 is 1.37 bits per heavy atom. The summed E-state index contributed by atoms with van der Waals surface area (Å²) in [5, 5.41) is 1.50. The molecular formula is C18H25P. The summed E-state index contributed by atoms with van der Waals surface area (Å²) in [4.78, 5) is 0. The van der Waals surface area contributed by atoms with Crippen LogP contribution in [-0.4, -0.2) is 12.8 Å². The molecule has 1 rings (SSSR count). The van der Waals surface area contributed by atoms with Crippen molar-refractivity contribution in [3.63, 3.8) is 0 Å². The van der Waals surface area contributed by atoms with Gasteiger partial charge < -0.3 is 0 Å². The van der Waals surface area contributed by atoms with Crippen LogP contribution in [0.3, 0.4) is 0 Å². The second-order valence-electron chi connectivity index (χ2n) is 4.74. The highest BCUT2D eigenvalue weighted by Crippen LogP contribution is 2.30. The van der Waals surface area contributed by atoms with Gasteiger partial charge in [-0.2, -0.15) is 0 Å². The smallest absolute Gasteiger partial charge is 0.0104 e. The van der Waals surface area contributed by atoms with Gasteiger partial charge in [0.2, 0.25) is 0 Å². The van der Waals surface area contributed by atoms with E-state index >= 15 is 0 Å². The van der Waals surface area contributed by atoms with Gasteiger partial charge in [0, 0.05) is 0 Å². The molecule has 0 radical (unpaired) electrons. The highest BCUT2D eigenvalue weighted by atomic mass is 31.1. The van der Waals surface area contributed by atoms with Gasteiger partial charge in [-0.15, -0.1) is 0 Å². The molecule has 1 unspecified atom stereocenters. The molecule has 0 aliphatic rings. The van der Waals surface area contributed by atoms with Crippen LogP contribution >= 0.6 is 7.92 Å². The van der Waals surface area contributed by atoms with E-state index in [1.54, 1.807) is 0 Å². The van der Waals surface area contributed by atoms with E-state index in [0.29, 0.717) is 0 Å². The van der Waals surface area contributed by atoms with Crippen molar-refractivity contribution >= 4 is 13.2 Å². The zero-order valence-electron chi connectivity index (χ0n) is 12.6. The molecule has 0 saturated heterocycles. The maximum absolute atomic E-state index is 3.80. The third-order valence-electron chi connectivity index (χ3n) is 3.41. The molecule has 0 aromatic heterocycles. The molecule has 0 N–H and O–H groups in total. The maximum atomic E-state index is 3.80. The molecule has 0 nitrogen and oxygen atoms in total. The Balaban J connectivity index is 2.71. The average Bonchev–Trinajstić information content (AvgIpc) is 2.43. The van der Waals surface area contributed by atoms with Crippen LogP contribution < -0.4 is 5.30 Å². The third-order valence-corrected chi connectivity index (χ3v) is 5.32. The van der Waals surface area contributed by atoms with Crippen molar-refractivity contribution in [1.29, 1.82) is 0 Å². The minimum absolute atomic E-state index is 0.0983. The summed E-state index contributed by atoms with van der Waals surface area (Å²) in [6.07, 6.45) is 10.7. The third kappa shape index (κ3) is 4.80. The summed E-state index contributed by atoms with van der Waals surface area (Å²) in [6.45, 7) is 12.6. The average molecular weight is 272 g/mol. The summed E-state index contributed by atoms with van der Waals surface area (Å²) in [6, 6.07) is 6.95. The second kappa shape index (κ2) is 8.12. The van der Waals surface area contributed by atoms with Crippen LogP contribution in [-0.2, 0) is 6.42 Å². The van der Waals surface area contributed by atoms with E-state index in [0.717, 1.165) is 12.6 Å². The van der Waals surface area contributed by atoms with Gasteiger partial charge in [0.15, 0.2) is 0 Å². The molecule has 1 atom stereocenters. The Morgan fingerprint density at radius 2 is 2.11 bits per heavy atom. The largest absolute Gasteiger partial charge is 0.0985 e. The minimum atomic E-state index is -0.0983. The lowest BCUT2D eigenvalue weighted by Gasteiger charge is -2.13. The van der Waals surface area contributed by atoms with Crippen molar-refractivity contribution in [3.05, 3.63) is 65.8 Å². The highest BCUT2D eigenvalue weighted by Gasteiger charge is 2.04. The zero-order chi connectivity index (χ0) is 14.3. The van der Waals surface area contributed by atoms with E-state index in [2.05, 4.69) is 63.5 Å². The Labute approximate surface area is 119 Å². The van der Waals surface area contributed by atoms with Crippen LogP contribution in [0.2, 0.25) is 0 Å². The summed E-state index contributed by atoms with van der Waals surface area (Å²) in [7, 11) is -0.0983. The van der Waals surface area contributed by atoms with Crippen molar-refractivity contribution in [1.82, 2.24) is 0 Å². The highest BCUT2D eigenvalue weighted by molar-refractivity contribution is 7.65. The normalized spacial score (nSPS) is 13.8. The van der Waals surface area contributed by atoms with Crippen LogP contribution in [0, 0.1) is 6.92 Å². The zero-order valence-corrected chi connectivity index (χ0v) is 13.5. The van der Waals surface area contributed by atoms with Crippen LogP contribution in [0.25, 0.3) is 0 Å². The lowest BCUT2D eigenvalue weighted by molar-refractivity contribution is 1.11. The van der Waals surface area contributed by atoms with Gasteiger partial charge in [0.25, 0.3) is 0 Å². The quantitative estimate of drug-likeness (QED) is 0.506. The minimum Gasteiger partial charge on any atom is -0.0985 e. The van der Waals surface area contributed by atoms with E-state index in [4.69, 9.17) is 0 Å². The van der Waals surface area contributed by atoms with E-state index in [1.165, 1.54) is 22.0 Å². The van der Waals surface area contributed by atoms with E-state index in [1.807, 2.05) is 13.0 Å². The first kappa shape index (κ1) is 15.9. The number of benzene rings is 1. The molecule has 0 aliphatic heterocycles. The predicted octanol–water partition coefficient (Wildman–Crippen LogP) is 4.98. The van der Waals surface area contributed by atoms with Crippen molar-refractivity contribution in [3.8, 4) is 0 Å². The van der Waals surface area contributed by atoms with Gasteiger partial charge >= 0.3 is 0 Å². The number of hydrogen-bond acceptors (Lipinski definition) is 0. The summed E-state index contributed by atoms with van der Waals surface area (Å²) in [5.74, 6) is 0. The monoisotopic (exact) mass is 272 g/mol. The molecule has 0 fully saturated rings. The molecule has 19 heavy (non-hydrogen) atoms. The first-order chi connectivity index (χ1) is 9.12. The fourth-order valence-corrected chi connectivity index (χ4v) is 3.42. The fraction of sp³-hybridized carbons (Fsp3) is 0.333. The topological polar surface area (TPSA) is 0 Å². The Bertz CT molecular complexity index is 480. The van der Waals surface area contributed by atoms with Crippen molar-refractivity contribution in [2.24, 2.45) is 0 Å². The van der Waals surface area contributed by atoms with Gasteiger partial charge in [0.1, 0.15) is 0 Å². The Hall–Kier alpha value is -1.13. The standard InChI is InChI=1S/C18H25P/c1-6-16(7-2)10-9-13-19(5)18-12-11-17(8-3)15(4)14-18/h6-7,9-12,14H,1,8,13H2,2-5H3/b10-9-,16-7-. The van der Waals surface area contributed by atoms with Crippen LogP contribution in [0.15, 0.2) is 54.7 Å². The molecule has 0 aliphatic carbocycles. The van der Waals surface area contributed by atoms with Crippen LogP contribution in [0.4, 0.5) is 0 Å². The lowest BCUT2D eigenvalue weighted by atomic mass is 10.1. The molecule has 1 aromatic carbocycles. The molecule has 0 bridgehead atoms. The van der Waals surface area contributed by atoms with Crippen LogP contribution in [0.1, 0.15) is 25.0 Å². The first-order valence-electron chi connectivity index (χ1n) is 6.88. The van der Waals surface area contributed by atoms with Gasteiger partial charge in [-0.3, -0.25) is 0 Å².